The highest BCUT2D eigenvalue weighted by molar-refractivity contribution is 5.70. The van der Waals surface area contributed by atoms with Gasteiger partial charge in [0.25, 0.3) is 0 Å². The van der Waals surface area contributed by atoms with Gasteiger partial charge in [0, 0.05) is 5.56 Å². The zero-order valence-corrected chi connectivity index (χ0v) is 15.6. The molecule has 1 atom stereocenters. The van der Waals surface area contributed by atoms with E-state index in [1.165, 1.54) is 0 Å². The van der Waals surface area contributed by atoms with Crippen LogP contribution in [0.15, 0.2) is 29.7 Å². The normalized spacial score (nSPS) is 17.2. The topological polar surface area (TPSA) is 97.4 Å². The van der Waals surface area contributed by atoms with Gasteiger partial charge in [0.1, 0.15) is 29.0 Å². The number of hydrogen-bond donors (Lipinski definition) is 2. The molecule has 0 aliphatic carbocycles. The lowest BCUT2D eigenvalue weighted by Crippen LogP contribution is -2.38. The third-order valence-electron chi connectivity index (χ3n) is 3.74. The van der Waals surface area contributed by atoms with E-state index in [1.807, 2.05) is 18.2 Å². The van der Waals surface area contributed by atoms with Gasteiger partial charge in [-0.15, -0.1) is 0 Å². The van der Waals surface area contributed by atoms with Gasteiger partial charge in [-0.2, -0.15) is 5.26 Å². The largest absolute Gasteiger partial charge is 0.444 e. The molecule has 0 fully saturated rings. The van der Waals surface area contributed by atoms with Crippen molar-refractivity contribution in [2.45, 2.75) is 58.6 Å². The Kier molecular flexibility index (Phi) is 4.72. The summed E-state index contributed by atoms with van der Waals surface area (Å²) in [5.41, 5.74) is 7.03. The molecule has 1 heterocycles. The Balaban J connectivity index is 2.46. The molecule has 3 N–H and O–H groups in total. The third kappa shape index (κ3) is 4.24. The summed E-state index contributed by atoms with van der Waals surface area (Å²) in [7, 11) is 0. The minimum atomic E-state index is -0.717. The molecule has 25 heavy (non-hydrogen) atoms. The smallest absolute Gasteiger partial charge is 0.408 e. The summed E-state index contributed by atoms with van der Waals surface area (Å²) in [6.45, 7) is 11.6. The van der Waals surface area contributed by atoms with Crippen molar-refractivity contribution in [1.29, 1.82) is 5.26 Å². The van der Waals surface area contributed by atoms with Crippen molar-refractivity contribution in [3.05, 3.63) is 40.8 Å². The fourth-order valence-electron chi connectivity index (χ4n) is 2.50. The second kappa shape index (κ2) is 6.32. The molecule has 1 aromatic carbocycles. The Labute approximate surface area is 148 Å². The predicted molar refractivity (Wildman–Crippen MR) is 94.7 cm³/mol. The zero-order chi connectivity index (χ0) is 19.0. The van der Waals surface area contributed by atoms with Gasteiger partial charge >= 0.3 is 6.09 Å². The van der Waals surface area contributed by atoms with E-state index in [2.05, 4.69) is 26.1 Å². The first-order chi connectivity index (χ1) is 11.4. The average molecular weight is 343 g/mol. The van der Waals surface area contributed by atoms with Crippen molar-refractivity contribution >= 4 is 6.09 Å². The van der Waals surface area contributed by atoms with Crippen LogP contribution in [0.3, 0.4) is 0 Å². The highest BCUT2D eigenvalue weighted by Gasteiger charge is 2.33. The molecular weight excluding hydrogens is 318 g/mol. The number of carbonyl (C=O) groups excluding carboxylic acids is 1. The SMILES string of the molecule is CC(C)(C)OC(=O)N[C@H]1C(C#N)=C(N)Oc2ccc(C(C)(C)C)cc21. The van der Waals surface area contributed by atoms with E-state index in [9.17, 15) is 10.1 Å². The van der Waals surface area contributed by atoms with E-state index >= 15 is 0 Å². The lowest BCUT2D eigenvalue weighted by atomic mass is 9.84. The molecule has 6 nitrogen and oxygen atoms in total. The third-order valence-corrected chi connectivity index (χ3v) is 3.74. The molecule has 1 aliphatic rings. The molecule has 6 heteroatoms. The van der Waals surface area contributed by atoms with Gasteiger partial charge in [-0.3, -0.25) is 0 Å². The fraction of sp³-hybridized carbons (Fsp3) is 0.474. The summed E-state index contributed by atoms with van der Waals surface area (Å²) < 4.78 is 10.9. The predicted octanol–water partition coefficient (Wildman–Crippen LogP) is 3.64. The summed E-state index contributed by atoms with van der Waals surface area (Å²) in [6, 6.07) is 7.00. The molecular formula is C19H25N3O3. The van der Waals surface area contributed by atoms with E-state index in [4.69, 9.17) is 15.2 Å². The number of rotatable bonds is 1. The highest BCUT2D eigenvalue weighted by atomic mass is 16.6. The number of nitrogens with zero attached hydrogens (tertiary/aromatic N) is 1. The van der Waals surface area contributed by atoms with Crippen LogP contribution in [0.1, 0.15) is 58.7 Å². The Morgan fingerprint density at radius 1 is 1.28 bits per heavy atom. The van der Waals surface area contributed by atoms with Crippen molar-refractivity contribution in [2.24, 2.45) is 5.73 Å². The summed E-state index contributed by atoms with van der Waals surface area (Å²) in [5, 5.41) is 12.2. The summed E-state index contributed by atoms with van der Waals surface area (Å²) in [4.78, 5) is 12.2. The quantitative estimate of drug-likeness (QED) is 0.811. The number of alkyl carbamates (subject to hydrolysis) is 1. The number of hydrogen-bond acceptors (Lipinski definition) is 5. The van der Waals surface area contributed by atoms with Crippen LogP contribution >= 0.6 is 0 Å². The van der Waals surface area contributed by atoms with E-state index in [0.717, 1.165) is 5.56 Å². The minimum Gasteiger partial charge on any atom is -0.444 e. The van der Waals surface area contributed by atoms with E-state index < -0.39 is 17.7 Å². The molecule has 0 aromatic heterocycles. The number of nitrogens with one attached hydrogen (secondary N) is 1. The fourth-order valence-corrected chi connectivity index (χ4v) is 2.50. The maximum absolute atomic E-state index is 12.2. The molecule has 1 aromatic rings. The number of carbonyl (C=O) groups is 1. The first kappa shape index (κ1) is 18.7. The lowest BCUT2D eigenvalue weighted by molar-refractivity contribution is 0.0510. The van der Waals surface area contributed by atoms with Crippen LogP contribution in [0, 0.1) is 11.3 Å². The van der Waals surface area contributed by atoms with Gasteiger partial charge in [0.05, 0.1) is 0 Å². The number of fused-ring (bicyclic) bond motifs is 1. The highest BCUT2D eigenvalue weighted by Crippen LogP contribution is 2.39. The van der Waals surface area contributed by atoms with Crippen molar-refractivity contribution < 1.29 is 14.3 Å². The van der Waals surface area contributed by atoms with Crippen molar-refractivity contribution in [3.63, 3.8) is 0 Å². The van der Waals surface area contributed by atoms with Crippen LogP contribution in [-0.2, 0) is 10.2 Å². The molecule has 1 amide bonds. The monoisotopic (exact) mass is 343 g/mol. The van der Waals surface area contributed by atoms with Gasteiger partial charge in [0.15, 0.2) is 0 Å². The first-order valence-corrected chi connectivity index (χ1v) is 8.14. The second-order valence-corrected chi connectivity index (χ2v) is 8.07. The molecule has 0 saturated carbocycles. The van der Waals surface area contributed by atoms with E-state index in [-0.39, 0.29) is 16.9 Å². The van der Waals surface area contributed by atoms with Crippen molar-refractivity contribution in [1.82, 2.24) is 5.32 Å². The molecule has 0 saturated heterocycles. The van der Waals surface area contributed by atoms with Gasteiger partial charge in [-0.25, -0.2) is 4.79 Å². The average Bonchev–Trinajstić information content (AvgIpc) is 2.43. The van der Waals surface area contributed by atoms with Crippen LogP contribution in [0.2, 0.25) is 0 Å². The second-order valence-electron chi connectivity index (χ2n) is 8.07. The van der Waals surface area contributed by atoms with Crippen LogP contribution in [-0.4, -0.2) is 11.7 Å². The molecule has 1 aliphatic heterocycles. The van der Waals surface area contributed by atoms with Crippen molar-refractivity contribution in [2.75, 3.05) is 0 Å². The summed E-state index contributed by atoms with van der Waals surface area (Å²) in [5.74, 6) is 0.505. The number of benzene rings is 1. The summed E-state index contributed by atoms with van der Waals surface area (Å²) in [6.07, 6.45) is -0.618. The number of nitriles is 1. The van der Waals surface area contributed by atoms with Crippen LogP contribution in [0.5, 0.6) is 5.75 Å². The minimum absolute atomic E-state index is 0.0143. The van der Waals surface area contributed by atoms with E-state index in [1.54, 1.807) is 26.8 Å². The Morgan fingerprint density at radius 3 is 2.44 bits per heavy atom. The van der Waals surface area contributed by atoms with Gasteiger partial charge in [-0.1, -0.05) is 26.8 Å². The number of ether oxygens (including phenoxy) is 2. The Bertz CT molecular complexity index is 762. The van der Waals surface area contributed by atoms with Crippen LogP contribution in [0.25, 0.3) is 0 Å². The van der Waals surface area contributed by atoms with Crippen molar-refractivity contribution in [3.8, 4) is 11.8 Å². The Morgan fingerprint density at radius 2 is 1.92 bits per heavy atom. The van der Waals surface area contributed by atoms with Crippen LogP contribution in [0.4, 0.5) is 4.79 Å². The molecule has 0 radical (unpaired) electrons. The molecule has 2 rings (SSSR count). The zero-order valence-electron chi connectivity index (χ0n) is 15.6. The Hall–Kier alpha value is -2.68. The molecule has 0 bridgehead atoms. The van der Waals surface area contributed by atoms with E-state index in [0.29, 0.717) is 11.3 Å². The number of nitrogens with two attached hydrogens (primary N) is 1. The number of amides is 1. The molecule has 0 spiro atoms. The van der Waals surface area contributed by atoms with Crippen LogP contribution < -0.4 is 15.8 Å². The van der Waals surface area contributed by atoms with Gasteiger partial charge < -0.3 is 20.5 Å². The van der Waals surface area contributed by atoms with Gasteiger partial charge in [-0.05, 0) is 43.9 Å². The maximum atomic E-state index is 12.2. The standard InChI is InChI=1S/C19H25N3O3/c1-18(2,3)11-7-8-14-12(9-11)15(13(10-20)16(21)24-14)22-17(23)25-19(4,5)6/h7-9,15H,21H2,1-6H3,(H,22,23)/t15-/m1/s1. The maximum Gasteiger partial charge on any atom is 0.408 e. The molecule has 0 unspecified atom stereocenters. The lowest BCUT2D eigenvalue weighted by Gasteiger charge is -2.30. The summed E-state index contributed by atoms with van der Waals surface area (Å²) >= 11 is 0. The molecule has 134 valence electrons. The first-order valence-electron chi connectivity index (χ1n) is 8.14. The van der Waals surface area contributed by atoms with Gasteiger partial charge in [0.2, 0.25) is 5.88 Å².